The number of nitrogens with zero attached hydrogens (tertiary/aromatic N) is 4. The van der Waals surface area contributed by atoms with Crippen LogP contribution in [0.15, 0.2) is 59.5 Å². The van der Waals surface area contributed by atoms with Gasteiger partial charge in [-0.15, -0.1) is 0 Å². The second-order valence-corrected chi connectivity index (χ2v) is 13.8. The van der Waals surface area contributed by atoms with Gasteiger partial charge in [-0.25, -0.2) is 17.1 Å². The highest BCUT2D eigenvalue weighted by molar-refractivity contribution is 7.93. The number of methoxy groups -OCH3 is 3. The molecule has 0 spiro atoms. The van der Waals surface area contributed by atoms with Crippen molar-refractivity contribution in [1.82, 2.24) is 14.7 Å². The van der Waals surface area contributed by atoms with Crippen LogP contribution in [0.2, 0.25) is 0 Å². The number of rotatable bonds is 12. The Morgan fingerprint density at radius 1 is 0.938 bits per heavy atom. The van der Waals surface area contributed by atoms with Gasteiger partial charge in [0.1, 0.15) is 28.0 Å². The van der Waals surface area contributed by atoms with Crippen molar-refractivity contribution in [3.8, 4) is 17.2 Å². The molecule has 13 heteroatoms. The van der Waals surface area contributed by atoms with E-state index in [1.807, 2.05) is 26.0 Å². The predicted molar refractivity (Wildman–Crippen MR) is 179 cm³/mol. The minimum Gasteiger partial charge on any atom is -0.497 e. The zero-order valence-electron chi connectivity index (χ0n) is 28.4. The van der Waals surface area contributed by atoms with E-state index in [0.29, 0.717) is 36.4 Å². The predicted octanol–water partition coefficient (Wildman–Crippen LogP) is 4.23. The summed E-state index contributed by atoms with van der Waals surface area (Å²) in [5.41, 5.74) is -0.725. The highest BCUT2D eigenvalue weighted by atomic mass is 32.2. The smallest absolute Gasteiger partial charge is 0.274 e. The van der Waals surface area contributed by atoms with Crippen LogP contribution in [0, 0.1) is 5.82 Å². The standard InChI is InChI=1S/C35H43FN4O7S/c1-8-38(9-2)22-23-12-16-30(46-6)27(19-23)35(39-18-10-11-29(39)33(41)37(3)4)26-20-24(36)13-15-28(26)40(34(35)42)48(43,44)32-17-14-25(45-5)21-31(32)47-7/h12-17,19-21,29H,8-11,18,22H2,1-7H3/t29-,35?/m0/s1. The van der Waals surface area contributed by atoms with Crippen molar-refractivity contribution in [2.24, 2.45) is 0 Å². The maximum Gasteiger partial charge on any atom is 0.274 e. The first-order valence-electron chi connectivity index (χ1n) is 15.9. The maximum absolute atomic E-state index is 15.5. The van der Waals surface area contributed by atoms with E-state index in [-0.39, 0.29) is 34.3 Å². The van der Waals surface area contributed by atoms with Gasteiger partial charge in [-0.2, -0.15) is 0 Å². The molecular formula is C35H43FN4O7S. The van der Waals surface area contributed by atoms with E-state index in [0.717, 1.165) is 29.0 Å². The Morgan fingerprint density at radius 2 is 1.65 bits per heavy atom. The summed E-state index contributed by atoms with van der Waals surface area (Å²) in [7, 11) is 2.80. The van der Waals surface area contributed by atoms with Crippen LogP contribution >= 0.6 is 0 Å². The molecule has 258 valence electrons. The molecule has 3 aromatic rings. The third kappa shape index (κ3) is 5.67. The SMILES string of the molecule is CCN(CC)Cc1ccc(OC)c(C2(N3CCC[C@H]3C(=O)N(C)C)C(=O)N(S(=O)(=O)c3ccc(OC)cc3OC)c3ccc(F)cc32)c1. The first-order chi connectivity index (χ1) is 22.9. The van der Waals surface area contributed by atoms with Crippen molar-refractivity contribution in [2.45, 2.75) is 49.7 Å². The third-order valence-electron chi connectivity index (χ3n) is 9.31. The van der Waals surface area contributed by atoms with Gasteiger partial charge in [-0.05, 0) is 74.0 Å². The Bertz CT molecular complexity index is 1810. The number of anilines is 1. The normalized spacial score (nSPS) is 19.5. The van der Waals surface area contributed by atoms with Gasteiger partial charge >= 0.3 is 0 Å². The van der Waals surface area contributed by atoms with Crippen LogP contribution in [0.4, 0.5) is 10.1 Å². The number of likely N-dealkylation sites (N-methyl/N-ethyl adjacent to an activating group) is 1. The number of hydrogen-bond acceptors (Lipinski definition) is 9. The zero-order chi connectivity index (χ0) is 35.0. The Balaban J connectivity index is 1.87. The van der Waals surface area contributed by atoms with Gasteiger partial charge in [0.05, 0.1) is 33.1 Å². The second-order valence-electron chi connectivity index (χ2n) is 12.0. The molecule has 5 rings (SSSR count). The number of amides is 2. The largest absolute Gasteiger partial charge is 0.497 e. The molecule has 0 N–H and O–H groups in total. The highest BCUT2D eigenvalue weighted by Gasteiger charge is 2.63. The van der Waals surface area contributed by atoms with Crippen molar-refractivity contribution >= 4 is 27.5 Å². The zero-order valence-corrected chi connectivity index (χ0v) is 29.3. The van der Waals surface area contributed by atoms with Crippen molar-refractivity contribution < 1.29 is 36.6 Å². The monoisotopic (exact) mass is 682 g/mol. The molecule has 2 aliphatic heterocycles. The van der Waals surface area contributed by atoms with Gasteiger partial charge in [-0.1, -0.05) is 19.9 Å². The number of halogens is 1. The Morgan fingerprint density at radius 3 is 2.27 bits per heavy atom. The van der Waals surface area contributed by atoms with Crippen LogP contribution in [0.1, 0.15) is 43.4 Å². The molecule has 1 unspecified atom stereocenters. The van der Waals surface area contributed by atoms with Gasteiger partial charge in [0.2, 0.25) is 5.91 Å². The molecule has 0 saturated carbocycles. The fraction of sp³-hybridized carbons (Fsp3) is 0.429. The molecule has 1 saturated heterocycles. The maximum atomic E-state index is 15.5. The Kier molecular flexibility index (Phi) is 10.0. The number of benzene rings is 3. The summed E-state index contributed by atoms with van der Waals surface area (Å²) in [6, 6.07) is 12.4. The van der Waals surface area contributed by atoms with Gasteiger partial charge in [0, 0.05) is 44.4 Å². The summed E-state index contributed by atoms with van der Waals surface area (Å²) >= 11 is 0. The quantitative estimate of drug-likeness (QED) is 0.278. The molecule has 0 radical (unpaired) electrons. The number of sulfonamides is 1. The van der Waals surface area contributed by atoms with Crippen molar-refractivity contribution in [3.63, 3.8) is 0 Å². The molecular weight excluding hydrogens is 639 g/mol. The third-order valence-corrected chi connectivity index (χ3v) is 11.1. The molecule has 2 atom stereocenters. The number of likely N-dealkylation sites (tertiary alicyclic amines) is 1. The van der Waals surface area contributed by atoms with Crippen LogP contribution in [0.25, 0.3) is 0 Å². The molecule has 1 fully saturated rings. The van der Waals surface area contributed by atoms with Crippen LogP contribution in [-0.4, -0.2) is 96.0 Å². The molecule has 0 aliphatic carbocycles. The highest BCUT2D eigenvalue weighted by Crippen LogP contribution is 2.55. The molecule has 0 aromatic heterocycles. The number of carbonyl (C=O) groups is 2. The Hall–Kier alpha value is -4.20. The molecule has 2 amide bonds. The molecule has 0 bridgehead atoms. The van der Waals surface area contributed by atoms with Crippen LogP contribution in [0.3, 0.4) is 0 Å². The number of fused-ring (bicyclic) bond motifs is 1. The summed E-state index contributed by atoms with van der Waals surface area (Å²) < 4.78 is 62.2. The van der Waals surface area contributed by atoms with E-state index >= 15 is 9.18 Å². The minimum atomic E-state index is -4.69. The lowest BCUT2D eigenvalue weighted by Crippen LogP contribution is -2.59. The molecule has 3 aromatic carbocycles. The van der Waals surface area contributed by atoms with E-state index in [1.165, 1.54) is 56.6 Å². The molecule has 11 nitrogen and oxygen atoms in total. The fourth-order valence-corrected chi connectivity index (χ4v) is 8.53. The van der Waals surface area contributed by atoms with Crippen molar-refractivity contribution in [3.05, 3.63) is 77.1 Å². The van der Waals surface area contributed by atoms with E-state index in [2.05, 4.69) is 4.90 Å². The Labute approximate surface area is 281 Å². The number of ether oxygens (including phenoxy) is 3. The van der Waals surface area contributed by atoms with Gasteiger partial charge in [0.15, 0.2) is 5.54 Å². The summed E-state index contributed by atoms with van der Waals surface area (Å²) in [6.07, 6.45) is 0.960. The topological polar surface area (TPSA) is 109 Å². The van der Waals surface area contributed by atoms with Crippen LogP contribution < -0.4 is 18.5 Å². The fourth-order valence-electron chi connectivity index (χ4n) is 6.93. The van der Waals surface area contributed by atoms with Gasteiger partial charge in [-0.3, -0.25) is 19.4 Å². The second kappa shape index (κ2) is 13.7. The van der Waals surface area contributed by atoms with E-state index in [9.17, 15) is 13.2 Å². The first-order valence-corrected chi connectivity index (χ1v) is 17.3. The number of carbonyl (C=O) groups excluding carboxylic acids is 2. The van der Waals surface area contributed by atoms with E-state index in [4.69, 9.17) is 14.2 Å². The summed E-state index contributed by atoms with van der Waals surface area (Å²) in [6.45, 7) is 6.44. The average molecular weight is 683 g/mol. The van der Waals surface area contributed by atoms with Crippen molar-refractivity contribution in [2.75, 3.05) is 59.4 Å². The summed E-state index contributed by atoms with van der Waals surface area (Å²) in [5.74, 6) is -1.19. The first kappa shape index (κ1) is 35.1. The van der Waals surface area contributed by atoms with Gasteiger partial charge < -0.3 is 19.1 Å². The van der Waals surface area contributed by atoms with Crippen molar-refractivity contribution in [1.29, 1.82) is 0 Å². The molecule has 2 aliphatic rings. The molecule has 48 heavy (non-hydrogen) atoms. The van der Waals surface area contributed by atoms with Gasteiger partial charge in [0.25, 0.3) is 15.9 Å². The lowest BCUT2D eigenvalue weighted by atomic mass is 9.80. The molecule has 2 heterocycles. The lowest BCUT2D eigenvalue weighted by Gasteiger charge is -2.42. The summed E-state index contributed by atoms with van der Waals surface area (Å²) in [4.78, 5) is 34.4. The minimum absolute atomic E-state index is 0.0292. The van der Waals surface area contributed by atoms with E-state index < -0.39 is 33.3 Å². The average Bonchev–Trinajstić information content (AvgIpc) is 3.67. The van der Waals surface area contributed by atoms with E-state index in [1.54, 1.807) is 25.1 Å². The van der Waals surface area contributed by atoms with Crippen LogP contribution in [-0.2, 0) is 31.7 Å². The van der Waals surface area contributed by atoms with Crippen LogP contribution in [0.5, 0.6) is 17.2 Å². The summed E-state index contributed by atoms with van der Waals surface area (Å²) in [5, 5.41) is 0. The lowest BCUT2D eigenvalue weighted by molar-refractivity contribution is -0.138. The number of hydrogen-bond donors (Lipinski definition) is 0.